The number of hydrogen-bond donors (Lipinski definition) is 2. The molecule has 1 amide bonds. The number of hydrogen-bond acceptors (Lipinski definition) is 4. The van der Waals surface area contributed by atoms with E-state index < -0.39 is 23.9 Å². The Bertz CT molecular complexity index is 1190. The standard InChI is InChI=1S/C20H21ClF3N5O2/c1-27(2)8-10-4-9(22)7-29(10)18-11(21)6-25-19-15(18)14-16(24)12(23)5-13(17(14)26-19)28(3)20(30)31/h5-6,9-10H,4,7-8H2,1-3H3,(H,25,26)(H,30,31)/t9-,10-/m0/s1. The van der Waals surface area contributed by atoms with Gasteiger partial charge in [0, 0.05) is 38.7 Å². The van der Waals surface area contributed by atoms with Gasteiger partial charge < -0.3 is 19.9 Å². The molecule has 0 bridgehead atoms. The molecule has 4 rings (SSSR count). The number of fused-ring (bicyclic) bond motifs is 3. The van der Waals surface area contributed by atoms with Crippen LogP contribution in [0.4, 0.5) is 29.3 Å². The summed E-state index contributed by atoms with van der Waals surface area (Å²) in [6.45, 7) is 0.579. The number of aromatic nitrogens is 2. The number of nitrogens with one attached hydrogen (secondary N) is 1. The summed E-state index contributed by atoms with van der Waals surface area (Å²) >= 11 is 6.46. The van der Waals surface area contributed by atoms with E-state index in [4.69, 9.17) is 11.6 Å². The predicted molar refractivity (Wildman–Crippen MR) is 114 cm³/mol. The van der Waals surface area contributed by atoms with Gasteiger partial charge in [-0.2, -0.15) is 0 Å². The number of pyridine rings is 1. The normalized spacial score (nSPS) is 19.2. The minimum atomic E-state index is -1.34. The molecule has 0 radical (unpaired) electrons. The molecule has 7 nitrogen and oxygen atoms in total. The number of nitrogens with zero attached hydrogens (tertiary/aromatic N) is 4. The molecular formula is C20H21ClF3N5O2. The molecule has 2 N–H and O–H groups in total. The lowest BCUT2D eigenvalue weighted by atomic mass is 10.1. The van der Waals surface area contributed by atoms with Gasteiger partial charge in [0.15, 0.2) is 11.6 Å². The van der Waals surface area contributed by atoms with Gasteiger partial charge in [0.25, 0.3) is 0 Å². The number of alkyl halides is 1. The molecule has 3 aromatic rings. The zero-order valence-corrected chi connectivity index (χ0v) is 17.8. The van der Waals surface area contributed by atoms with Crippen molar-refractivity contribution in [1.29, 1.82) is 0 Å². The number of H-pyrrole nitrogens is 1. The topological polar surface area (TPSA) is 75.7 Å². The molecule has 0 spiro atoms. The quantitative estimate of drug-likeness (QED) is 0.615. The zero-order chi connectivity index (χ0) is 22.6. The number of carbonyl (C=O) groups is 1. The maximum Gasteiger partial charge on any atom is 0.411 e. The fourth-order valence-electron chi connectivity index (χ4n) is 4.28. The molecule has 0 unspecified atom stereocenters. The predicted octanol–water partition coefficient (Wildman–Crippen LogP) is 4.24. The molecule has 2 aromatic heterocycles. The second kappa shape index (κ2) is 7.76. The summed E-state index contributed by atoms with van der Waals surface area (Å²) in [6.07, 6.45) is -0.820. The molecule has 1 aliphatic heterocycles. The van der Waals surface area contributed by atoms with Crippen molar-refractivity contribution in [3.63, 3.8) is 0 Å². The van der Waals surface area contributed by atoms with Crippen LogP contribution in [-0.2, 0) is 0 Å². The van der Waals surface area contributed by atoms with Crippen LogP contribution in [0.3, 0.4) is 0 Å². The van der Waals surface area contributed by atoms with Crippen molar-refractivity contribution >= 4 is 51.0 Å². The molecule has 1 fully saturated rings. The van der Waals surface area contributed by atoms with E-state index in [9.17, 15) is 18.7 Å². The molecule has 11 heteroatoms. The van der Waals surface area contributed by atoms with E-state index in [2.05, 4.69) is 9.97 Å². The number of aromatic amines is 1. The number of rotatable bonds is 4. The van der Waals surface area contributed by atoms with Crippen LogP contribution in [0.1, 0.15) is 6.42 Å². The van der Waals surface area contributed by atoms with Crippen molar-refractivity contribution in [2.24, 2.45) is 0 Å². The smallest absolute Gasteiger partial charge is 0.411 e. The number of halogens is 4. The molecule has 166 valence electrons. The van der Waals surface area contributed by atoms with Crippen LogP contribution >= 0.6 is 11.6 Å². The first-order valence-electron chi connectivity index (χ1n) is 9.60. The first-order chi connectivity index (χ1) is 14.6. The van der Waals surface area contributed by atoms with Crippen molar-refractivity contribution in [3.8, 4) is 0 Å². The summed E-state index contributed by atoms with van der Waals surface area (Å²) in [6, 6.07) is 0.570. The van der Waals surface area contributed by atoms with Gasteiger partial charge in [0.1, 0.15) is 11.8 Å². The Labute approximate surface area is 181 Å². The lowest BCUT2D eigenvalue weighted by molar-refractivity contribution is 0.203. The second-order valence-corrected chi connectivity index (χ2v) is 8.40. The molecular weight excluding hydrogens is 435 g/mol. The largest absolute Gasteiger partial charge is 0.465 e. The van der Waals surface area contributed by atoms with E-state index in [0.717, 1.165) is 11.0 Å². The van der Waals surface area contributed by atoms with E-state index in [1.54, 1.807) is 4.90 Å². The lowest BCUT2D eigenvalue weighted by Crippen LogP contribution is -2.37. The van der Waals surface area contributed by atoms with Gasteiger partial charge in [-0.3, -0.25) is 4.90 Å². The summed E-state index contributed by atoms with van der Waals surface area (Å²) in [5, 5.41) is 9.54. The highest BCUT2D eigenvalue weighted by Gasteiger charge is 2.36. The van der Waals surface area contributed by atoms with Gasteiger partial charge in [-0.1, -0.05) is 11.6 Å². The fourth-order valence-corrected chi connectivity index (χ4v) is 4.53. The highest BCUT2D eigenvalue weighted by atomic mass is 35.5. The van der Waals surface area contributed by atoms with Gasteiger partial charge in [-0.05, 0) is 14.1 Å². The summed E-state index contributed by atoms with van der Waals surface area (Å²) in [5.74, 6) is -2.37. The van der Waals surface area contributed by atoms with Crippen molar-refractivity contribution in [1.82, 2.24) is 14.9 Å². The highest BCUT2D eigenvalue weighted by Crippen LogP contribution is 2.44. The van der Waals surface area contributed by atoms with Crippen molar-refractivity contribution in [3.05, 3.63) is 28.9 Å². The molecule has 2 atom stereocenters. The molecule has 0 aliphatic carbocycles. The number of carboxylic acid groups (broad SMARTS) is 1. The minimum Gasteiger partial charge on any atom is -0.465 e. The maximum absolute atomic E-state index is 15.1. The molecule has 1 aromatic carbocycles. The number of amides is 1. The number of likely N-dealkylation sites (N-methyl/N-ethyl adjacent to an activating group) is 1. The molecule has 31 heavy (non-hydrogen) atoms. The van der Waals surface area contributed by atoms with Crippen LogP contribution in [0.15, 0.2) is 12.3 Å². The Hall–Kier alpha value is -2.72. The van der Waals surface area contributed by atoms with E-state index in [-0.39, 0.29) is 51.7 Å². The van der Waals surface area contributed by atoms with Crippen LogP contribution in [0, 0.1) is 11.6 Å². The second-order valence-electron chi connectivity index (χ2n) is 7.99. The third kappa shape index (κ3) is 3.53. The Kier molecular flexibility index (Phi) is 5.38. The number of benzene rings is 1. The van der Waals surface area contributed by atoms with Crippen LogP contribution in [0.5, 0.6) is 0 Å². The molecule has 3 heterocycles. The Morgan fingerprint density at radius 3 is 2.71 bits per heavy atom. The van der Waals surface area contributed by atoms with Crippen LogP contribution in [0.2, 0.25) is 5.02 Å². The third-order valence-electron chi connectivity index (χ3n) is 5.57. The summed E-state index contributed by atoms with van der Waals surface area (Å²) in [5.41, 5.74) is 0.536. The first kappa shape index (κ1) is 21.5. The fraction of sp³-hybridized carbons (Fsp3) is 0.400. The van der Waals surface area contributed by atoms with Gasteiger partial charge >= 0.3 is 6.09 Å². The Balaban J connectivity index is 2.04. The zero-order valence-electron chi connectivity index (χ0n) is 17.1. The average Bonchev–Trinajstić information content (AvgIpc) is 3.24. The van der Waals surface area contributed by atoms with E-state index in [1.165, 1.54) is 13.2 Å². The molecule has 1 saturated heterocycles. The summed E-state index contributed by atoms with van der Waals surface area (Å²) in [7, 11) is 4.95. The van der Waals surface area contributed by atoms with Gasteiger partial charge in [-0.25, -0.2) is 22.9 Å². The van der Waals surface area contributed by atoms with Crippen molar-refractivity contribution < 1.29 is 23.1 Å². The minimum absolute atomic E-state index is 0.0445. The van der Waals surface area contributed by atoms with E-state index in [0.29, 0.717) is 12.2 Å². The number of anilines is 2. The SMILES string of the molecule is CN(C)C[C@@H]1C[C@H](F)CN1c1c(Cl)cnc2[nH]c3c(N(C)C(=O)O)cc(F)c(F)c3c12. The summed E-state index contributed by atoms with van der Waals surface area (Å²) in [4.78, 5) is 23.0. The third-order valence-corrected chi connectivity index (χ3v) is 5.85. The van der Waals surface area contributed by atoms with Gasteiger partial charge in [0.2, 0.25) is 0 Å². The van der Waals surface area contributed by atoms with Crippen LogP contribution in [-0.4, -0.2) is 72.5 Å². The maximum atomic E-state index is 15.1. The van der Waals surface area contributed by atoms with E-state index in [1.807, 2.05) is 19.0 Å². The van der Waals surface area contributed by atoms with Crippen molar-refractivity contribution in [2.75, 3.05) is 44.0 Å². The Morgan fingerprint density at radius 1 is 1.35 bits per heavy atom. The first-order valence-corrected chi connectivity index (χ1v) is 9.97. The average molecular weight is 456 g/mol. The molecule has 1 aliphatic rings. The monoisotopic (exact) mass is 455 g/mol. The molecule has 0 saturated carbocycles. The van der Waals surface area contributed by atoms with Gasteiger partial charge in [0.05, 0.1) is 38.9 Å². The van der Waals surface area contributed by atoms with Crippen molar-refractivity contribution in [2.45, 2.75) is 18.6 Å². The lowest BCUT2D eigenvalue weighted by Gasteiger charge is -2.30. The van der Waals surface area contributed by atoms with Crippen LogP contribution in [0.25, 0.3) is 21.9 Å². The summed E-state index contributed by atoms with van der Waals surface area (Å²) < 4.78 is 44.0. The Morgan fingerprint density at radius 2 is 2.06 bits per heavy atom. The van der Waals surface area contributed by atoms with Crippen LogP contribution < -0.4 is 9.80 Å². The van der Waals surface area contributed by atoms with E-state index >= 15 is 4.39 Å². The highest BCUT2D eigenvalue weighted by molar-refractivity contribution is 6.36. The van der Waals surface area contributed by atoms with Gasteiger partial charge in [-0.15, -0.1) is 0 Å².